The summed E-state index contributed by atoms with van der Waals surface area (Å²) in [5, 5.41) is 11.6. The van der Waals surface area contributed by atoms with Crippen molar-refractivity contribution < 1.29 is 13.5 Å². The number of nitrogens with one attached hydrogen (secondary N) is 1. The lowest BCUT2D eigenvalue weighted by Crippen LogP contribution is -2.15. The molecule has 0 bridgehead atoms. The molecule has 0 saturated heterocycles. The lowest BCUT2D eigenvalue weighted by Gasteiger charge is -2.17. The summed E-state index contributed by atoms with van der Waals surface area (Å²) in [5.74, 6) is -0.908. The molecule has 0 aliphatic heterocycles. The van der Waals surface area contributed by atoms with Crippen molar-refractivity contribution >= 4 is 0 Å². The quantitative estimate of drug-likeness (QED) is 0.927. The first-order chi connectivity index (χ1) is 10.1. The van der Waals surface area contributed by atoms with Crippen molar-refractivity contribution in [3.63, 3.8) is 0 Å². The fourth-order valence-corrected chi connectivity index (χ4v) is 1.94. The van der Waals surface area contributed by atoms with Gasteiger partial charge in [0.2, 0.25) is 0 Å². The number of benzene rings is 2. The van der Waals surface area contributed by atoms with Crippen LogP contribution < -0.4 is 10.1 Å². The topological polar surface area (TPSA) is 45.0 Å². The standard InChI is InChI=1S/C16H14F2N2O/c1-10(20-2)16-12(17)4-3-5-15(16)21-14-7-6-11(9-19)8-13(14)18/h3-8,10,20H,1-2H3. The molecule has 1 unspecified atom stereocenters. The number of rotatable bonds is 4. The highest BCUT2D eigenvalue weighted by Crippen LogP contribution is 2.32. The van der Waals surface area contributed by atoms with Gasteiger partial charge in [-0.15, -0.1) is 0 Å². The normalized spacial score (nSPS) is 11.8. The minimum atomic E-state index is -0.665. The molecule has 3 nitrogen and oxygen atoms in total. The first kappa shape index (κ1) is 14.9. The number of hydrogen-bond acceptors (Lipinski definition) is 3. The van der Waals surface area contributed by atoms with Crippen molar-refractivity contribution in [2.24, 2.45) is 0 Å². The molecule has 0 saturated carbocycles. The van der Waals surface area contributed by atoms with Crippen LogP contribution in [0.25, 0.3) is 0 Å². The molecule has 0 aliphatic rings. The second-order valence-corrected chi connectivity index (χ2v) is 4.52. The summed E-state index contributed by atoms with van der Waals surface area (Å²) in [7, 11) is 1.70. The second-order valence-electron chi connectivity index (χ2n) is 4.52. The van der Waals surface area contributed by atoms with Crippen LogP contribution in [0.5, 0.6) is 11.5 Å². The minimum Gasteiger partial charge on any atom is -0.454 e. The Bertz CT molecular complexity index is 695. The Balaban J connectivity index is 2.41. The summed E-state index contributed by atoms with van der Waals surface area (Å²) in [6.07, 6.45) is 0. The van der Waals surface area contributed by atoms with Crippen LogP contribution in [0.15, 0.2) is 36.4 Å². The van der Waals surface area contributed by atoms with Crippen molar-refractivity contribution in [2.45, 2.75) is 13.0 Å². The Morgan fingerprint density at radius 2 is 1.90 bits per heavy atom. The third-order valence-electron chi connectivity index (χ3n) is 3.16. The molecule has 0 aromatic heterocycles. The highest BCUT2D eigenvalue weighted by Gasteiger charge is 2.17. The third kappa shape index (κ3) is 3.18. The molecule has 108 valence electrons. The summed E-state index contributed by atoms with van der Waals surface area (Å²) >= 11 is 0. The van der Waals surface area contributed by atoms with Gasteiger partial charge in [0.15, 0.2) is 11.6 Å². The summed E-state index contributed by atoms with van der Waals surface area (Å²) < 4.78 is 33.3. The lowest BCUT2D eigenvalue weighted by molar-refractivity contribution is 0.423. The number of nitrogens with zero attached hydrogens (tertiary/aromatic N) is 1. The van der Waals surface area contributed by atoms with Gasteiger partial charge in [-0.1, -0.05) is 6.07 Å². The van der Waals surface area contributed by atoms with Crippen LogP contribution in [0.2, 0.25) is 0 Å². The van der Waals surface area contributed by atoms with Crippen molar-refractivity contribution in [2.75, 3.05) is 7.05 Å². The average molecular weight is 288 g/mol. The van der Waals surface area contributed by atoms with Crippen LogP contribution in [-0.4, -0.2) is 7.05 Å². The predicted octanol–water partition coefficient (Wildman–Crippen LogP) is 3.91. The Morgan fingerprint density at radius 1 is 1.14 bits per heavy atom. The van der Waals surface area contributed by atoms with Crippen LogP contribution in [0.4, 0.5) is 8.78 Å². The Labute approximate surface area is 121 Å². The monoisotopic (exact) mass is 288 g/mol. The molecule has 2 aromatic carbocycles. The molecule has 0 fully saturated rings. The Morgan fingerprint density at radius 3 is 2.52 bits per heavy atom. The van der Waals surface area contributed by atoms with Crippen molar-refractivity contribution in [3.05, 3.63) is 59.2 Å². The molecule has 0 amide bonds. The summed E-state index contributed by atoms with van der Waals surface area (Å²) in [5.41, 5.74) is 0.520. The predicted molar refractivity (Wildman–Crippen MR) is 75.1 cm³/mol. The van der Waals surface area contributed by atoms with E-state index in [-0.39, 0.29) is 23.1 Å². The van der Waals surface area contributed by atoms with Gasteiger partial charge in [0.05, 0.1) is 11.6 Å². The maximum absolute atomic E-state index is 14.0. The average Bonchev–Trinajstić information content (AvgIpc) is 2.48. The van der Waals surface area contributed by atoms with Crippen LogP contribution in [-0.2, 0) is 0 Å². The Hall–Kier alpha value is -2.45. The molecular weight excluding hydrogens is 274 g/mol. The van der Waals surface area contributed by atoms with Gasteiger partial charge >= 0.3 is 0 Å². The largest absolute Gasteiger partial charge is 0.454 e. The first-order valence-corrected chi connectivity index (χ1v) is 6.40. The third-order valence-corrected chi connectivity index (χ3v) is 3.16. The zero-order chi connectivity index (χ0) is 15.4. The van der Waals surface area contributed by atoms with Gasteiger partial charge in [-0.2, -0.15) is 5.26 Å². The maximum Gasteiger partial charge on any atom is 0.167 e. The molecule has 0 spiro atoms. The molecule has 21 heavy (non-hydrogen) atoms. The van der Waals surface area contributed by atoms with E-state index < -0.39 is 11.6 Å². The molecule has 2 rings (SSSR count). The second kappa shape index (κ2) is 6.33. The number of nitriles is 1. The smallest absolute Gasteiger partial charge is 0.167 e. The van der Waals surface area contributed by atoms with Gasteiger partial charge in [0.25, 0.3) is 0 Å². The molecule has 5 heteroatoms. The minimum absolute atomic E-state index is 0.0517. The highest BCUT2D eigenvalue weighted by molar-refractivity contribution is 5.42. The Kier molecular flexibility index (Phi) is 4.51. The summed E-state index contributed by atoms with van der Waals surface area (Å²) in [4.78, 5) is 0. The van der Waals surface area contributed by atoms with Crippen LogP contribution >= 0.6 is 0 Å². The SMILES string of the molecule is CNC(C)c1c(F)cccc1Oc1ccc(C#N)cc1F. The molecule has 0 radical (unpaired) electrons. The van der Waals surface area contributed by atoms with Gasteiger partial charge in [0.1, 0.15) is 11.6 Å². The zero-order valence-corrected chi connectivity index (χ0v) is 11.7. The summed E-state index contributed by atoms with van der Waals surface area (Å²) in [6.45, 7) is 1.78. The van der Waals surface area contributed by atoms with E-state index >= 15 is 0 Å². The van der Waals surface area contributed by atoms with Crippen molar-refractivity contribution in [1.29, 1.82) is 5.26 Å². The van der Waals surface area contributed by atoms with E-state index in [0.717, 1.165) is 6.07 Å². The van der Waals surface area contributed by atoms with Crippen LogP contribution in [0.1, 0.15) is 24.1 Å². The summed E-state index contributed by atoms with van der Waals surface area (Å²) in [6, 6.07) is 9.82. The molecule has 1 atom stereocenters. The van der Waals surface area contributed by atoms with Gasteiger partial charge in [0, 0.05) is 11.6 Å². The molecule has 0 heterocycles. The molecule has 2 aromatic rings. The van der Waals surface area contributed by atoms with E-state index in [0.29, 0.717) is 5.56 Å². The van der Waals surface area contributed by atoms with E-state index in [9.17, 15) is 8.78 Å². The van der Waals surface area contributed by atoms with Gasteiger partial charge in [-0.05, 0) is 44.3 Å². The number of hydrogen-bond donors (Lipinski definition) is 1. The van der Waals surface area contributed by atoms with E-state index in [2.05, 4.69) is 5.32 Å². The zero-order valence-electron chi connectivity index (χ0n) is 11.7. The fourth-order valence-electron chi connectivity index (χ4n) is 1.94. The molecular formula is C16H14F2N2O. The fraction of sp³-hybridized carbons (Fsp3) is 0.188. The highest BCUT2D eigenvalue weighted by atomic mass is 19.1. The van der Waals surface area contributed by atoms with Gasteiger partial charge < -0.3 is 10.1 Å². The first-order valence-electron chi connectivity index (χ1n) is 6.40. The number of ether oxygens (including phenoxy) is 1. The van der Waals surface area contributed by atoms with Gasteiger partial charge in [-0.3, -0.25) is 0 Å². The van der Waals surface area contributed by atoms with Crippen molar-refractivity contribution in [1.82, 2.24) is 5.32 Å². The van der Waals surface area contributed by atoms with E-state index in [4.69, 9.17) is 10.00 Å². The van der Waals surface area contributed by atoms with E-state index in [1.54, 1.807) is 20.0 Å². The number of halogens is 2. The van der Waals surface area contributed by atoms with Crippen LogP contribution in [0, 0.1) is 23.0 Å². The van der Waals surface area contributed by atoms with E-state index in [1.807, 2.05) is 6.07 Å². The molecule has 0 aliphatic carbocycles. The van der Waals surface area contributed by atoms with Crippen LogP contribution in [0.3, 0.4) is 0 Å². The maximum atomic E-state index is 14.0. The molecule has 1 N–H and O–H groups in total. The van der Waals surface area contributed by atoms with Crippen molar-refractivity contribution in [3.8, 4) is 17.6 Å². The van der Waals surface area contributed by atoms with E-state index in [1.165, 1.54) is 24.3 Å². The van der Waals surface area contributed by atoms with Gasteiger partial charge in [-0.25, -0.2) is 8.78 Å². The lowest BCUT2D eigenvalue weighted by atomic mass is 10.1.